The summed E-state index contributed by atoms with van der Waals surface area (Å²) in [7, 11) is -3.54. The van der Waals surface area contributed by atoms with Gasteiger partial charge in [-0.3, -0.25) is 19.1 Å². The number of para-hydroxylation sites is 1. The van der Waals surface area contributed by atoms with Crippen LogP contribution in [0.25, 0.3) is 11.1 Å². The molecule has 1 fully saturated rings. The van der Waals surface area contributed by atoms with E-state index in [2.05, 4.69) is 0 Å². The van der Waals surface area contributed by atoms with Crippen LogP contribution in [0, 0.1) is 18.8 Å². The van der Waals surface area contributed by atoms with Gasteiger partial charge in [0.05, 0.1) is 11.0 Å². The van der Waals surface area contributed by atoms with Gasteiger partial charge < -0.3 is 4.52 Å². The van der Waals surface area contributed by atoms with Crippen molar-refractivity contribution in [1.82, 2.24) is 0 Å². The van der Waals surface area contributed by atoms with Gasteiger partial charge in [-0.15, -0.1) is 0 Å². The first kappa shape index (κ1) is 24.4. The third kappa shape index (κ3) is 3.73. The van der Waals surface area contributed by atoms with Crippen LogP contribution in [0.2, 0.25) is 0 Å². The molecule has 5 nitrogen and oxygen atoms in total. The Balaban J connectivity index is 1.50. The van der Waals surface area contributed by atoms with Gasteiger partial charge in [-0.2, -0.15) is 0 Å². The van der Waals surface area contributed by atoms with Crippen molar-refractivity contribution in [2.75, 3.05) is 4.90 Å². The Morgan fingerprint density at radius 1 is 0.711 bits per heavy atom. The van der Waals surface area contributed by atoms with E-state index in [4.69, 9.17) is 4.52 Å². The summed E-state index contributed by atoms with van der Waals surface area (Å²) in [5.74, 6) is -0.505. The molecule has 2 aliphatic rings. The average Bonchev–Trinajstić information content (AvgIpc) is 3.13. The average molecular weight is 522 g/mol. The Hall–Kier alpha value is -3.95. The predicted octanol–water partition coefficient (Wildman–Crippen LogP) is 6.89. The van der Waals surface area contributed by atoms with Crippen molar-refractivity contribution in [1.29, 1.82) is 0 Å². The molecule has 2 amide bonds. The number of nitrogens with zero attached hydrogens (tertiary/aromatic N) is 1. The van der Waals surface area contributed by atoms with Gasteiger partial charge in [0.1, 0.15) is 11.4 Å². The van der Waals surface area contributed by atoms with E-state index >= 15 is 4.57 Å². The Bertz CT molecular complexity index is 1590. The highest BCUT2D eigenvalue weighted by Gasteiger charge is 2.46. The Kier molecular flexibility index (Phi) is 5.85. The van der Waals surface area contributed by atoms with E-state index in [1.165, 1.54) is 4.90 Å². The first-order valence-electron chi connectivity index (χ1n) is 12.8. The highest BCUT2D eigenvalue weighted by Crippen LogP contribution is 2.65. The highest BCUT2D eigenvalue weighted by atomic mass is 31.2. The van der Waals surface area contributed by atoms with Gasteiger partial charge in [0.15, 0.2) is 0 Å². The predicted molar refractivity (Wildman–Crippen MR) is 150 cm³/mol. The smallest absolute Gasteiger partial charge is 0.289 e. The molecule has 0 N–H and O–H groups in total. The summed E-state index contributed by atoms with van der Waals surface area (Å²) in [6, 6.07) is 30.7. The van der Waals surface area contributed by atoms with Crippen LogP contribution in [0.1, 0.15) is 36.2 Å². The van der Waals surface area contributed by atoms with Gasteiger partial charge in [0.25, 0.3) is 7.37 Å². The molecule has 4 aromatic rings. The van der Waals surface area contributed by atoms with Crippen LogP contribution in [-0.4, -0.2) is 11.8 Å². The largest absolute Gasteiger partial charge is 0.439 e. The Labute approximate surface area is 222 Å². The number of hydrogen-bond donors (Lipinski definition) is 0. The minimum atomic E-state index is -3.54. The fraction of sp³-hybridized carbons (Fsp3) is 0.188. The molecule has 0 bridgehead atoms. The molecule has 0 radical (unpaired) electrons. The zero-order valence-electron chi connectivity index (χ0n) is 21.5. The topological polar surface area (TPSA) is 63.7 Å². The number of fused-ring (bicyclic) bond motifs is 3. The van der Waals surface area contributed by atoms with E-state index in [-0.39, 0.29) is 23.7 Å². The number of anilines is 1. The normalized spacial score (nSPS) is 23.0. The van der Waals surface area contributed by atoms with E-state index in [0.717, 1.165) is 27.8 Å². The van der Waals surface area contributed by atoms with E-state index in [9.17, 15) is 9.59 Å². The van der Waals surface area contributed by atoms with Crippen molar-refractivity contribution in [2.24, 2.45) is 11.8 Å². The van der Waals surface area contributed by atoms with E-state index < -0.39 is 13.0 Å². The molecule has 6 rings (SSSR count). The summed E-state index contributed by atoms with van der Waals surface area (Å²) in [5, 5.41) is 0.681. The maximum atomic E-state index is 15.2. The molecule has 2 heterocycles. The maximum Gasteiger partial charge on any atom is 0.289 e. The molecule has 0 aromatic heterocycles. The van der Waals surface area contributed by atoms with Crippen LogP contribution in [0.5, 0.6) is 5.75 Å². The lowest BCUT2D eigenvalue weighted by molar-refractivity contribution is -0.122. The molecule has 6 heteroatoms. The summed E-state index contributed by atoms with van der Waals surface area (Å²) in [6.45, 7) is 5.59. The third-order valence-electron chi connectivity index (χ3n) is 7.82. The zero-order valence-corrected chi connectivity index (χ0v) is 22.4. The van der Waals surface area contributed by atoms with Gasteiger partial charge >= 0.3 is 0 Å². The molecule has 190 valence electrons. The molecule has 4 aromatic carbocycles. The SMILES string of the molecule is Cc1ccc(C(c2ccc(N3C(=O)C(C)C(C)C3=O)cc2)P2(=O)Oc3ccccc3-c3ccccc32)cc1. The monoisotopic (exact) mass is 521 g/mol. The van der Waals surface area contributed by atoms with Crippen LogP contribution in [0.4, 0.5) is 5.69 Å². The first-order valence-corrected chi connectivity index (χ1v) is 14.5. The quantitative estimate of drug-likeness (QED) is 0.217. The van der Waals surface area contributed by atoms with Crippen LogP contribution < -0.4 is 14.7 Å². The van der Waals surface area contributed by atoms with Crippen LogP contribution >= 0.6 is 7.37 Å². The molecule has 4 atom stereocenters. The zero-order chi connectivity index (χ0) is 26.6. The molecule has 1 saturated heterocycles. The van der Waals surface area contributed by atoms with Gasteiger partial charge in [-0.1, -0.05) is 92.2 Å². The molecule has 0 aliphatic carbocycles. The van der Waals surface area contributed by atoms with E-state index in [0.29, 0.717) is 16.7 Å². The summed E-state index contributed by atoms with van der Waals surface area (Å²) in [5.41, 5.74) is 4.52. The van der Waals surface area contributed by atoms with Crippen molar-refractivity contribution in [3.05, 3.63) is 114 Å². The number of amides is 2. The first-order chi connectivity index (χ1) is 18.3. The summed E-state index contributed by atoms with van der Waals surface area (Å²) in [4.78, 5) is 26.9. The molecular formula is C32H28NO4P. The van der Waals surface area contributed by atoms with Crippen LogP contribution in [0.15, 0.2) is 97.1 Å². The lowest BCUT2D eigenvalue weighted by Crippen LogP contribution is -2.30. The second kappa shape index (κ2) is 9.11. The number of aryl methyl sites for hydroxylation is 1. The number of carbonyl (C=O) groups excluding carboxylic acids is 2. The number of carbonyl (C=O) groups is 2. The van der Waals surface area contributed by atoms with Crippen molar-refractivity contribution in [3.63, 3.8) is 0 Å². The summed E-state index contributed by atoms with van der Waals surface area (Å²) in [6.07, 6.45) is 0. The number of hydrogen-bond acceptors (Lipinski definition) is 4. The Morgan fingerprint density at radius 2 is 1.24 bits per heavy atom. The Morgan fingerprint density at radius 3 is 1.87 bits per heavy atom. The summed E-state index contributed by atoms with van der Waals surface area (Å²) >= 11 is 0. The second-order valence-electron chi connectivity index (χ2n) is 10.2. The fourth-order valence-corrected chi connectivity index (χ4v) is 8.35. The van der Waals surface area contributed by atoms with E-state index in [1.807, 2.05) is 91.9 Å². The van der Waals surface area contributed by atoms with Gasteiger partial charge in [-0.25, -0.2) is 0 Å². The van der Waals surface area contributed by atoms with Crippen LogP contribution in [0.3, 0.4) is 0 Å². The molecule has 2 aliphatic heterocycles. The van der Waals surface area contributed by atoms with Crippen molar-refractivity contribution in [3.8, 4) is 16.9 Å². The minimum Gasteiger partial charge on any atom is -0.439 e. The summed E-state index contributed by atoms with van der Waals surface area (Å²) < 4.78 is 21.7. The third-order valence-corrected chi connectivity index (χ3v) is 10.6. The number of imide groups is 1. The molecule has 0 saturated carbocycles. The number of rotatable bonds is 4. The molecule has 38 heavy (non-hydrogen) atoms. The highest BCUT2D eigenvalue weighted by molar-refractivity contribution is 7.68. The van der Waals surface area contributed by atoms with Crippen molar-refractivity contribution >= 4 is 30.2 Å². The lowest BCUT2D eigenvalue weighted by atomic mass is 10.00. The minimum absolute atomic E-state index is 0.195. The molecular weight excluding hydrogens is 493 g/mol. The van der Waals surface area contributed by atoms with Gasteiger partial charge in [0.2, 0.25) is 11.8 Å². The maximum absolute atomic E-state index is 15.2. The van der Waals surface area contributed by atoms with Crippen molar-refractivity contribution in [2.45, 2.75) is 26.4 Å². The van der Waals surface area contributed by atoms with Gasteiger partial charge in [-0.05, 0) is 47.9 Å². The van der Waals surface area contributed by atoms with Crippen molar-refractivity contribution < 1.29 is 18.7 Å². The fourth-order valence-electron chi connectivity index (χ4n) is 5.47. The second-order valence-corrected chi connectivity index (χ2v) is 12.6. The lowest BCUT2D eigenvalue weighted by Gasteiger charge is -2.34. The molecule has 4 unspecified atom stereocenters. The number of benzene rings is 4. The van der Waals surface area contributed by atoms with E-state index in [1.54, 1.807) is 26.0 Å². The van der Waals surface area contributed by atoms with Gasteiger partial charge in [0, 0.05) is 17.4 Å². The van der Waals surface area contributed by atoms with Crippen LogP contribution in [-0.2, 0) is 14.2 Å². The standard InChI is InChI=1S/C32H28NO4P/c1-20-12-14-23(15-13-20)30(24-16-18-25(19-17-24)33-31(34)21(2)22(3)32(33)35)38(36)29-11-7-5-9-27(29)26-8-4-6-10-28(26)37-38/h4-19,21-22,30H,1-3H3. The molecule has 0 spiro atoms.